The largest absolute Gasteiger partial charge is 3.00 e. The van der Waals surface area contributed by atoms with Gasteiger partial charge in [0.25, 0.3) is 0 Å². The van der Waals surface area contributed by atoms with Gasteiger partial charge in [0, 0.05) is 22.1 Å². The third-order valence-corrected chi connectivity index (χ3v) is 5.96. The number of carbonyl (C=O) groups excluding carboxylic acids is 3. The van der Waals surface area contributed by atoms with Crippen molar-refractivity contribution >= 4 is 40.0 Å². The summed E-state index contributed by atoms with van der Waals surface area (Å²) in [7, 11) is -6.16. The summed E-state index contributed by atoms with van der Waals surface area (Å²) in [6.45, 7) is 3.32. The summed E-state index contributed by atoms with van der Waals surface area (Å²) in [6.07, 6.45) is -0.478. The minimum Gasteiger partial charge on any atom is -0.799 e. The quantitative estimate of drug-likeness (QED) is 0.156. The van der Waals surface area contributed by atoms with Crippen molar-refractivity contribution in [2.75, 3.05) is 59.8 Å². The van der Waals surface area contributed by atoms with Crippen molar-refractivity contribution in [1.82, 2.24) is 0 Å². The molecule has 0 aliphatic rings. The van der Waals surface area contributed by atoms with E-state index in [1.54, 1.807) is 0 Å². The molecule has 0 fully saturated rings. The molecule has 3 unspecified atom stereocenters. The number of esters is 3. The van der Waals surface area contributed by atoms with E-state index in [2.05, 4.69) is 14.2 Å². The van der Waals surface area contributed by atoms with Gasteiger partial charge in [0.2, 0.25) is 0 Å². The van der Waals surface area contributed by atoms with E-state index in [-0.39, 0.29) is 59.5 Å². The number of methoxy groups -OCH3 is 3. The monoisotopic (exact) mass is 543 g/mol. The van der Waals surface area contributed by atoms with Gasteiger partial charge in [-0.15, -0.1) is 0 Å². The van der Waals surface area contributed by atoms with Crippen LogP contribution < -0.4 is 14.7 Å². The predicted octanol–water partition coefficient (Wildman–Crippen LogP) is -0.549. The van der Waals surface area contributed by atoms with Crippen LogP contribution in [0.4, 0.5) is 0 Å². The molecular weight excluding hydrogens is 513 g/mol. The summed E-state index contributed by atoms with van der Waals surface area (Å²) < 4.78 is 44.2. The summed E-state index contributed by atoms with van der Waals surface area (Å²) in [6, 6.07) is 0. The molecule has 0 aliphatic carbocycles. The Morgan fingerprint density at radius 1 is 0.581 bits per heavy atom. The maximum atomic E-state index is 10.5. The molecule has 0 aromatic heterocycles. The van der Waals surface area contributed by atoms with E-state index in [1.165, 1.54) is 21.3 Å². The van der Waals surface area contributed by atoms with Crippen LogP contribution in [0.1, 0.15) is 19.3 Å². The first-order valence-corrected chi connectivity index (χ1v) is 15.2. The Kier molecular flexibility index (Phi) is 23.5. The van der Waals surface area contributed by atoms with E-state index in [9.17, 15) is 42.8 Å². The third kappa shape index (κ3) is 40.6. The van der Waals surface area contributed by atoms with Crippen LogP contribution in [0.2, 0.25) is 0 Å². The van der Waals surface area contributed by atoms with Crippen molar-refractivity contribution in [3.63, 3.8) is 0 Å². The molecule has 12 nitrogen and oxygen atoms in total. The molecule has 0 bridgehead atoms. The molecular formula is C15H30O12P3Ti. The third-order valence-electron chi connectivity index (χ3n) is 2.85. The van der Waals surface area contributed by atoms with E-state index in [0.29, 0.717) is 0 Å². The van der Waals surface area contributed by atoms with Crippen LogP contribution in [0.15, 0.2) is 0 Å². The molecule has 0 saturated carbocycles. The van der Waals surface area contributed by atoms with Gasteiger partial charge in [-0.3, -0.25) is 14.4 Å². The Labute approximate surface area is 197 Å². The van der Waals surface area contributed by atoms with Crippen molar-refractivity contribution in [2.24, 2.45) is 0 Å². The summed E-state index contributed by atoms with van der Waals surface area (Å²) in [5.41, 5.74) is 0. The SMILES string of the molecule is COC(=O)CCP(C)(=O)[O-].COC(=O)CCP(C)(=O)[O-].COC(=O)CCP(C)(=O)[O-].[Ti+3]. The molecule has 0 saturated heterocycles. The molecule has 31 heavy (non-hydrogen) atoms. The van der Waals surface area contributed by atoms with E-state index in [4.69, 9.17) is 0 Å². The van der Waals surface area contributed by atoms with Gasteiger partial charge in [-0.05, 0) is 38.5 Å². The van der Waals surface area contributed by atoms with Gasteiger partial charge < -0.3 is 42.6 Å². The zero-order chi connectivity index (χ0) is 24.6. The van der Waals surface area contributed by atoms with Gasteiger partial charge in [0.05, 0.1) is 40.6 Å². The standard InChI is InChI=1S/3C5H11O4P.Ti/c3*1-9-5(6)3-4-10(2,7)8;/h3*3-4H2,1-2H3,(H,7,8);/q;;;+3/p-3. The van der Waals surface area contributed by atoms with E-state index >= 15 is 0 Å². The van der Waals surface area contributed by atoms with Crippen molar-refractivity contribution in [1.29, 1.82) is 0 Å². The number of ether oxygens (including phenoxy) is 3. The second-order valence-electron chi connectivity index (χ2n) is 6.19. The molecule has 0 N–H and O–H groups in total. The van der Waals surface area contributed by atoms with Crippen molar-refractivity contribution in [3.05, 3.63) is 0 Å². The van der Waals surface area contributed by atoms with E-state index in [0.717, 1.165) is 20.0 Å². The Bertz CT molecular complexity index is 574. The van der Waals surface area contributed by atoms with Crippen molar-refractivity contribution in [3.8, 4) is 0 Å². The average Bonchev–Trinajstić information content (AvgIpc) is 2.61. The van der Waals surface area contributed by atoms with E-state index in [1.807, 2.05) is 0 Å². The molecule has 0 spiro atoms. The van der Waals surface area contributed by atoms with Crippen molar-refractivity contribution < 1.29 is 78.7 Å². The summed E-state index contributed by atoms with van der Waals surface area (Å²) in [5, 5.41) is 0. The topological polar surface area (TPSA) is 199 Å². The van der Waals surface area contributed by atoms with Crippen LogP contribution in [0.5, 0.6) is 0 Å². The minimum atomic E-state index is -3.28. The molecule has 0 heterocycles. The van der Waals surface area contributed by atoms with Crippen LogP contribution in [0.3, 0.4) is 0 Å². The zero-order valence-electron chi connectivity index (χ0n) is 18.5. The van der Waals surface area contributed by atoms with Gasteiger partial charge in [0.1, 0.15) is 0 Å². The Morgan fingerprint density at radius 3 is 0.839 bits per heavy atom. The van der Waals surface area contributed by atoms with Crippen LogP contribution in [-0.4, -0.2) is 77.7 Å². The minimum absolute atomic E-state index is 0. The number of carbonyl (C=O) groups is 3. The normalized spacial score (nSPS) is 15.4. The van der Waals surface area contributed by atoms with Gasteiger partial charge in [-0.1, -0.05) is 0 Å². The maximum absolute atomic E-state index is 10.5. The fourth-order valence-electron chi connectivity index (χ4n) is 1.19. The molecule has 16 heteroatoms. The van der Waals surface area contributed by atoms with Gasteiger partial charge in [-0.2, -0.15) is 0 Å². The Hall–Kier alpha value is -0.306. The van der Waals surface area contributed by atoms with Crippen LogP contribution in [0, 0.1) is 0 Å². The molecule has 3 atom stereocenters. The van der Waals surface area contributed by atoms with Crippen LogP contribution >= 0.6 is 22.1 Å². The first-order chi connectivity index (χ1) is 13.4. The first kappa shape index (κ1) is 38.0. The molecule has 0 amide bonds. The summed E-state index contributed by atoms with van der Waals surface area (Å²) >= 11 is 0. The molecule has 0 aliphatic heterocycles. The average molecular weight is 543 g/mol. The summed E-state index contributed by atoms with van der Waals surface area (Å²) in [5.74, 6) is -1.46. The van der Waals surface area contributed by atoms with Crippen LogP contribution in [-0.2, 0) is 64.0 Å². The second kappa shape index (κ2) is 19.2. The van der Waals surface area contributed by atoms with Gasteiger partial charge >= 0.3 is 39.6 Å². The fourth-order valence-corrected chi connectivity index (χ4v) is 2.96. The molecule has 0 rings (SSSR count). The van der Waals surface area contributed by atoms with Crippen LogP contribution in [0.25, 0.3) is 0 Å². The number of rotatable bonds is 9. The molecule has 1 radical (unpaired) electrons. The van der Waals surface area contributed by atoms with Crippen molar-refractivity contribution in [2.45, 2.75) is 19.3 Å². The number of hydrogen-bond acceptors (Lipinski definition) is 12. The summed E-state index contributed by atoms with van der Waals surface area (Å²) in [4.78, 5) is 62.5. The van der Waals surface area contributed by atoms with Gasteiger partial charge in [-0.25, -0.2) is 0 Å². The smallest absolute Gasteiger partial charge is 0.799 e. The zero-order valence-corrected chi connectivity index (χ0v) is 22.7. The Morgan fingerprint density at radius 2 is 0.742 bits per heavy atom. The molecule has 0 aromatic carbocycles. The first-order valence-electron chi connectivity index (χ1n) is 8.40. The van der Waals surface area contributed by atoms with Gasteiger partial charge in [0.15, 0.2) is 0 Å². The fraction of sp³-hybridized carbons (Fsp3) is 0.800. The Balaban J connectivity index is -0.000000174. The molecule has 181 valence electrons. The maximum Gasteiger partial charge on any atom is 3.00 e. The molecule has 0 aromatic rings. The van der Waals surface area contributed by atoms with E-state index < -0.39 is 40.0 Å². The second-order valence-corrected chi connectivity index (χ2v) is 13.6. The predicted molar refractivity (Wildman–Crippen MR) is 105 cm³/mol. The number of hydrogen-bond donors (Lipinski definition) is 0.